The van der Waals surface area contributed by atoms with E-state index >= 15 is 0 Å². The zero-order valence-corrected chi connectivity index (χ0v) is 11.8. The van der Waals surface area contributed by atoms with E-state index in [-0.39, 0.29) is 0 Å². The molecule has 3 nitrogen and oxygen atoms in total. The first-order chi connectivity index (χ1) is 9.83. The molecule has 1 aliphatic carbocycles. The van der Waals surface area contributed by atoms with Crippen molar-refractivity contribution in [1.82, 2.24) is 4.98 Å². The molecule has 0 atom stereocenters. The molecule has 0 radical (unpaired) electrons. The third-order valence-electron chi connectivity index (χ3n) is 3.94. The molecule has 0 saturated heterocycles. The molecule has 1 saturated carbocycles. The Morgan fingerprint density at radius 3 is 3.00 bits per heavy atom. The first-order valence-electron chi connectivity index (χ1n) is 7.20. The predicted molar refractivity (Wildman–Crippen MR) is 86.5 cm³/mol. The number of allylic oxidation sites excluding steroid dienone is 3. The number of aromatic nitrogens is 1. The lowest BCUT2D eigenvalue weighted by molar-refractivity contribution is 0.864. The number of nitrogens with two attached hydrogens (primary N) is 1. The molecule has 4 N–H and O–H groups in total. The van der Waals surface area contributed by atoms with Gasteiger partial charge in [0.05, 0.1) is 11.2 Å². The van der Waals surface area contributed by atoms with Gasteiger partial charge in [-0.25, -0.2) is 0 Å². The topological polar surface area (TPSA) is 53.8 Å². The second-order valence-corrected chi connectivity index (χ2v) is 5.38. The van der Waals surface area contributed by atoms with Gasteiger partial charge in [-0.05, 0) is 49.1 Å². The molecule has 104 valence electrons. The Balaban J connectivity index is 2.04. The zero-order valence-electron chi connectivity index (χ0n) is 11.8. The molecule has 0 spiro atoms. The largest absolute Gasteiger partial charge is 0.405 e. The van der Waals surface area contributed by atoms with E-state index in [4.69, 9.17) is 5.73 Å². The summed E-state index contributed by atoms with van der Waals surface area (Å²) in [5, 5.41) is 4.45. The fraction of sp³-hybridized carbons (Fsp3) is 0.294. The summed E-state index contributed by atoms with van der Waals surface area (Å²) in [4.78, 5) is 3.37. The van der Waals surface area contributed by atoms with E-state index in [1.807, 2.05) is 13.1 Å². The molecule has 2 aromatic rings. The zero-order chi connectivity index (χ0) is 13.9. The van der Waals surface area contributed by atoms with Crippen molar-refractivity contribution >= 4 is 22.2 Å². The van der Waals surface area contributed by atoms with Gasteiger partial charge in [0.15, 0.2) is 0 Å². The van der Waals surface area contributed by atoms with Crippen molar-refractivity contribution in [2.45, 2.75) is 19.3 Å². The van der Waals surface area contributed by atoms with E-state index in [2.05, 4.69) is 40.8 Å². The summed E-state index contributed by atoms with van der Waals surface area (Å²) in [6, 6.07) is 6.31. The van der Waals surface area contributed by atoms with Crippen molar-refractivity contribution in [3.05, 3.63) is 48.3 Å². The maximum Gasteiger partial charge on any atom is 0.0696 e. The van der Waals surface area contributed by atoms with Crippen molar-refractivity contribution in [2.75, 3.05) is 12.4 Å². The van der Waals surface area contributed by atoms with Crippen molar-refractivity contribution in [3.63, 3.8) is 0 Å². The fourth-order valence-corrected chi connectivity index (χ4v) is 2.62. The minimum absolute atomic E-state index is 0.884. The summed E-state index contributed by atoms with van der Waals surface area (Å²) in [6.45, 7) is 0. The van der Waals surface area contributed by atoms with Gasteiger partial charge in [0.1, 0.15) is 0 Å². The number of para-hydroxylation sites is 1. The Morgan fingerprint density at radius 1 is 1.45 bits per heavy atom. The van der Waals surface area contributed by atoms with Gasteiger partial charge in [0, 0.05) is 24.2 Å². The van der Waals surface area contributed by atoms with Crippen LogP contribution in [0.15, 0.2) is 42.7 Å². The summed E-state index contributed by atoms with van der Waals surface area (Å²) in [6.07, 6.45) is 11.9. The van der Waals surface area contributed by atoms with Crippen molar-refractivity contribution in [2.24, 2.45) is 11.7 Å². The Labute approximate surface area is 119 Å². The van der Waals surface area contributed by atoms with Crippen molar-refractivity contribution in [1.29, 1.82) is 0 Å². The Kier molecular flexibility index (Phi) is 3.50. The summed E-state index contributed by atoms with van der Waals surface area (Å²) < 4.78 is 0. The van der Waals surface area contributed by atoms with Crippen LogP contribution in [-0.2, 0) is 0 Å². The minimum atomic E-state index is 0.884. The SMILES string of the molecule is CNc1cccc2c(C(/C=C\N)=C/CC3CC3)c[nH]c12. The molecule has 0 amide bonds. The van der Waals surface area contributed by atoms with Gasteiger partial charge >= 0.3 is 0 Å². The van der Waals surface area contributed by atoms with Gasteiger partial charge < -0.3 is 16.0 Å². The monoisotopic (exact) mass is 267 g/mol. The number of benzene rings is 1. The summed E-state index contributed by atoms with van der Waals surface area (Å²) >= 11 is 0. The van der Waals surface area contributed by atoms with Crippen LogP contribution in [0.3, 0.4) is 0 Å². The molecule has 1 heterocycles. The summed E-state index contributed by atoms with van der Waals surface area (Å²) in [5.74, 6) is 0.884. The van der Waals surface area contributed by atoms with Gasteiger partial charge in [0.25, 0.3) is 0 Å². The average molecular weight is 267 g/mol. The standard InChI is InChI=1S/C17H21N3/c1-19-16-4-2-3-14-15(11-20-17(14)16)13(9-10-18)8-7-12-5-6-12/h2-4,8-12,19-20H,5-7,18H2,1H3/b10-9-,13-8+. The molecule has 0 unspecified atom stereocenters. The highest BCUT2D eigenvalue weighted by Gasteiger charge is 2.20. The van der Waals surface area contributed by atoms with Crippen LogP contribution in [0.1, 0.15) is 24.8 Å². The van der Waals surface area contributed by atoms with Crippen LogP contribution in [0.25, 0.3) is 16.5 Å². The predicted octanol–water partition coefficient (Wildman–Crippen LogP) is 3.87. The minimum Gasteiger partial charge on any atom is -0.405 e. The second kappa shape index (κ2) is 5.45. The molecule has 0 aliphatic heterocycles. The lowest BCUT2D eigenvalue weighted by Crippen LogP contribution is -1.88. The van der Waals surface area contributed by atoms with Gasteiger partial charge in [0.2, 0.25) is 0 Å². The van der Waals surface area contributed by atoms with Crippen LogP contribution >= 0.6 is 0 Å². The fourth-order valence-electron chi connectivity index (χ4n) is 2.62. The van der Waals surface area contributed by atoms with E-state index in [0.29, 0.717) is 0 Å². The summed E-state index contributed by atoms with van der Waals surface area (Å²) in [5.41, 5.74) is 10.3. The first-order valence-corrected chi connectivity index (χ1v) is 7.20. The number of nitrogens with one attached hydrogen (secondary N) is 2. The number of rotatable bonds is 5. The number of anilines is 1. The van der Waals surface area contributed by atoms with Crippen LogP contribution in [-0.4, -0.2) is 12.0 Å². The molecule has 20 heavy (non-hydrogen) atoms. The van der Waals surface area contributed by atoms with Crippen LogP contribution in [0.2, 0.25) is 0 Å². The number of hydrogen-bond acceptors (Lipinski definition) is 2. The van der Waals surface area contributed by atoms with E-state index in [1.165, 1.54) is 29.4 Å². The molecule has 3 rings (SSSR count). The number of aromatic amines is 1. The van der Waals surface area contributed by atoms with Gasteiger partial charge in [-0.15, -0.1) is 0 Å². The molecule has 1 fully saturated rings. The lowest BCUT2D eigenvalue weighted by atomic mass is 10.0. The normalized spacial score (nSPS) is 16.1. The van der Waals surface area contributed by atoms with Gasteiger partial charge in [-0.3, -0.25) is 0 Å². The highest BCUT2D eigenvalue weighted by atomic mass is 14.9. The Bertz CT molecular complexity index is 660. The van der Waals surface area contributed by atoms with Crippen molar-refractivity contribution < 1.29 is 0 Å². The lowest BCUT2D eigenvalue weighted by Gasteiger charge is -2.04. The highest BCUT2D eigenvalue weighted by Crippen LogP contribution is 2.35. The second-order valence-electron chi connectivity index (χ2n) is 5.38. The van der Waals surface area contributed by atoms with Crippen molar-refractivity contribution in [3.8, 4) is 0 Å². The number of H-pyrrole nitrogens is 1. The number of fused-ring (bicyclic) bond motifs is 1. The van der Waals surface area contributed by atoms with Crippen LogP contribution in [0, 0.1) is 5.92 Å². The maximum absolute atomic E-state index is 5.61. The quantitative estimate of drug-likeness (QED) is 0.720. The maximum atomic E-state index is 5.61. The molecular formula is C17H21N3. The van der Waals surface area contributed by atoms with E-state index in [1.54, 1.807) is 6.20 Å². The highest BCUT2D eigenvalue weighted by molar-refractivity contribution is 6.00. The average Bonchev–Trinajstić information content (AvgIpc) is 3.20. The third-order valence-corrected chi connectivity index (χ3v) is 3.94. The molecule has 1 aromatic carbocycles. The van der Waals surface area contributed by atoms with Crippen LogP contribution in [0.4, 0.5) is 5.69 Å². The van der Waals surface area contributed by atoms with E-state index in [0.717, 1.165) is 23.5 Å². The molecule has 1 aromatic heterocycles. The van der Waals surface area contributed by atoms with Crippen LogP contribution in [0.5, 0.6) is 0 Å². The molecule has 1 aliphatic rings. The van der Waals surface area contributed by atoms with Crippen LogP contribution < -0.4 is 11.1 Å². The smallest absolute Gasteiger partial charge is 0.0696 e. The molecule has 0 bridgehead atoms. The molecular weight excluding hydrogens is 246 g/mol. The van der Waals surface area contributed by atoms with Gasteiger partial charge in [-0.2, -0.15) is 0 Å². The number of hydrogen-bond donors (Lipinski definition) is 3. The third kappa shape index (κ3) is 2.44. The van der Waals surface area contributed by atoms with E-state index in [9.17, 15) is 0 Å². The Hall–Kier alpha value is -2.16. The summed E-state index contributed by atoms with van der Waals surface area (Å²) in [7, 11) is 1.94. The first kappa shape index (κ1) is 12.9. The molecule has 3 heteroatoms. The van der Waals surface area contributed by atoms with Gasteiger partial charge in [-0.1, -0.05) is 18.2 Å². The Morgan fingerprint density at radius 2 is 2.30 bits per heavy atom. The van der Waals surface area contributed by atoms with E-state index < -0.39 is 0 Å².